The van der Waals surface area contributed by atoms with Gasteiger partial charge in [-0.15, -0.1) is 0 Å². The summed E-state index contributed by atoms with van der Waals surface area (Å²) in [4.78, 5) is 33.8. The minimum absolute atomic E-state index is 0.0555. The molecule has 2 fully saturated rings. The number of pyridine rings is 1. The number of nitrogens with zero attached hydrogens (tertiary/aromatic N) is 3. The van der Waals surface area contributed by atoms with Crippen LogP contribution in [0.1, 0.15) is 48.5 Å². The van der Waals surface area contributed by atoms with Crippen molar-refractivity contribution < 1.29 is 9.59 Å². The Balaban J connectivity index is 1.36. The van der Waals surface area contributed by atoms with Gasteiger partial charge >= 0.3 is 0 Å². The van der Waals surface area contributed by atoms with Gasteiger partial charge in [-0.05, 0) is 56.2 Å². The zero-order chi connectivity index (χ0) is 20.9. The van der Waals surface area contributed by atoms with Crippen LogP contribution < -0.4 is 0 Å². The molecule has 4 rings (SSSR count). The van der Waals surface area contributed by atoms with Gasteiger partial charge in [-0.25, -0.2) is 4.98 Å². The third-order valence-corrected chi connectivity index (χ3v) is 6.96. The van der Waals surface area contributed by atoms with Crippen LogP contribution in [0.5, 0.6) is 0 Å². The van der Waals surface area contributed by atoms with Gasteiger partial charge in [-0.1, -0.05) is 42.1 Å². The predicted molar refractivity (Wildman–Crippen MR) is 119 cm³/mol. The highest BCUT2D eigenvalue weighted by molar-refractivity contribution is 7.99. The molecule has 1 aliphatic heterocycles. The van der Waals surface area contributed by atoms with E-state index < -0.39 is 0 Å². The van der Waals surface area contributed by atoms with E-state index in [1.165, 1.54) is 24.6 Å². The largest absolute Gasteiger partial charge is 0.339 e. The molecule has 0 spiro atoms. The number of rotatable bonds is 8. The fourth-order valence-electron chi connectivity index (χ4n) is 3.99. The van der Waals surface area contributed by atoms with Crippen LogP contribution in [-0.2, 0) is 11.3 Å². The molecule has 2 amide bonds. The molecule has 6 heteroatoms. The van der Waals surface area contributed by atoms with Crippen LogP contribution >= 0.6 is 11.8 Å². The van der Waals surface area contributed by atoms with Crippen molar-refractivity contribution in [2.45, 2.75) is 50.2 Å². The van der Waals surface area contributed by atoms with Crippen molar-refractivity contribution in [1.82, 2.24) is 14.8 Å². The molecule has 2 aliphatic rings. The molecule has 1 atom stereocenters. The van der Waals surface area contributed by atoms with Crippen molar-refractivity contribution in [1.29, 1.82) is 0 Å². The molecule has 0 radical (unpaired) electrons. The van der Waals surface area contributed by atoms with Crippen LogP contribution in [0.3, 0.4) is 0 Å². The molecule has 2 heterocycles. The molecule has 1 aliphatic carbocycles. The second-order valence-electron chi connectivity index (χ2n) is 8.26. The van der Waals surface area contributed by atoms with E-state index in [4.69, 9.17) is 0 Å². The summed E-state index contributed by atoms with van der Waals surface area (Å²) in [5.74, 6) is 1.18. The number of hydrogen-bond acceptors (Lipinski definition) is 4. The minimum atomic E-state index is 0.0555. The topological polar surface area (TPSA) is 53.5 Å². The predicted octanol–water partition coefficient (Wildman–Crippen LogP) is 4.24. The van der Waals surface area contributed by atoms with E-state index in [-0.39, 0.29) is 17.9 Å². The van der Waals surface area contributed by atoms with Crippen LogP contribution in [-0.4, -0.2) is 51.5 Å². The maximum Gasteiger partial charge on any atom is 0.255 e. The average molecular weight is 424 g/mol. The molecule has 5 nitrogen and oxygen atoms in total. The Morgan fingerprint density at radius 3 is 2.50 bits per heavy atom. The van der Waals surface area contributed by atoms with E-state index in [0.29, 0.717) is 23.8 Å². The van der Waals surface area contributed by atoms with Crippen molar-refractivity contribution in [3.05, 3.63) is 59.8 Å². The maximum atomic E-state index is 13.1. The van der Waals surface area contributed by atoms with Gasteiger partial charge in [0.05, 0.1) is 16.3 Å². The van der Waals surface area contributed by atoms with E-state index in [9.17, 15) is 9.59 Å². The Morgan fingerprint density at radius 1 is 1.13 bits per heavy atom. The first-order valence-corrected chi connectivity index (χ1v) is 11.8. The summed E-state index contributed by atoms with van der Waals surface area (Å²) in [6.07, 6.45) is 6.21. The van der Waals surface area contributed by atoms with Crippen molar-refractivity contribution in [3.8, 4) is 0 Å². The monoisotopic (exact) mass is 423 g/mol. The summed E-state index contributed by atoms with van der Waals surface area (Å²) in [6, 6.07) is 14.1. The van der Waals surface area contributed by atoms with Crippen LogP contribution in [0.4, 0.5) is 0 Å². The summed E-state index contributed by atoms with van der Waals surface area (Å²) in [5.41, 5.74) is 1.78. The lowest BCUT2D eigenvalue weighted by molar-refractivity contribution is -0.131. The van der Waals surface area contributed by atoms with Gasteiger partial charge in [0.25, 0.3) is 5.91 Å². The summed E-state index contributed by atoms with van der Waals surface area (Å²) in [6.45, 7) is 4.48. The average Bonchev–Trinajstić information content (AvgIpc) is 3.50. The number of aromatic nitrogens is 1. The second kappa shape index (κ2) is 9.65. The SMILES string of the molecule is CC(C1CC1)N(Cc1ccccc1)C(=O)CSc1ccc(C(=O)N2CCCC2)cn1. The van der Waals surface area contributed by atoms with Gasteiger partial charge in [-0.2, -0.15) is 0 Å². The fourth-order valence-corrected chi connectivity index (χ4v) is 4.71. The number of hydrogen-bond donors (Lipinski definition) is 0. The summed E-state index contributed by atoms with van der Waals surface area (Å²) >= 11 is 1.44. The smallest absolute Gasteiger partial charge is 0.255 e. The van der Waals surface area contributed by atoms with Gasteiger partial charge in [0.2, 0.25) is 5.91 Å². The third-order valence-electron chi connectivity index (χ3n) is 6.03. The van der Waals surface area contributed by atoms with Crippen molar-refractivity contribution in [3.63, 3.8) is 0 Å². The summed E-state index contributed by atoms with van der Waals surface area (Å²) in [7, 11) is 0. The highest BCUT2D eigenvalue weighted by atomic mass is 32.2. The van der Waals surface area contributed by atoms with Gasteiger partial charge in [0, 0.05) is 31.9 Å². The lowest BCUT2D eigenvalue weighted by Gasteiger charge is -2.29. The van der Waals surface area contributed by atoms with E-state index in [2.05, 4.69) is 24.0 Å². The van der Waals surface area contributed by atoms with Gasteiger partial charge in [-0.3, -0.25) is 9.59 Å². The molecular formula is C24H29N3O2S. The van der Waals surface area contributed by atoms with E-state index in [1.807, 2.05) is 40.1 Å². The first-order chi connectivity index (χ1) is 14.6. The Hall–Kier alpha value is -2.34. The van der Waals surface area contributed by atoms with Crippen LogP contribution in [0.25, 0.3) is 0 Å². The number of amides is 2. The fraction of sp³-hybridized carbons (Fsp3) is 0.458. The molecule has 30 heavy (non-hydrogen) atoms. The standard InChI is InChI=1S/C24H29N3O2S/c1-18(20-9-10-20)27(16-19-7-3-2-4-8-19)23(28)17-30-22-12-11-21(15-25-22)24(29)26-13-5-6-14-26/h2-4,7-8,11-12,15,18,20H,5-6,9-10,13-14,16-17H2,1H3. The molecule has 1 saturated heterocycles. The Labute approximate surface area is 182 Å². The van der Waals surface area contributed by atoms with Gasteiger partial charge < -0.3 is 9.80 Å². The lowest BCUT2D eigenvalue weighted by atomic mass is 10.1. The summed E-state index contributed by atoms with van der Waals surface area (Å²) < 4.78 is 0. The first kappa shape index (κ1) is 20.9. The molecule has 1 aromatic carbocycles. The third kappa shape index (κ3) is 5.22. The molecule has 1 saturated carbocycles. The Bertz CT molecular complexity index is 862. The minimum Gasteiger partial charge on any atom is -0.339 e. The van der Waals surface area contributed by atoms with E-state index >= 15 is 0 Å². The van der Waals surface area contributed by atoms with Gasteiger partial charge in [0.15, 0.2) is 0 Å². The molecule has 1 unspecified atom stereocenters. The van der Waals surface area contributed by atoms with Crippen LogP contribution in [0.15, 0.2) is 53.7 Å². The quantitative estimate of drug-likeness (QED) is 0.596. The Morgan fingerprint density at radius 2 is 1.87 bits per heavy atom. The lowest BCUT2D eigenvalue weighted by Crippen LogP contribution is -2.40. The number of carbonyl (C=O) groups excluding carboxylic acids is 2. The normalized spacial score (nSPS) is 17.0. The number of benzene rings is 1. The number of carbonyl (C=O) groups is 2. The zero-order valence-corrected chi connectivity index (χ0v) is 18.3. The number of likely N-dealkylation sites (tertiary alicyclic amines) is 1. The van der Waals surface area contributed by atoms with Crippen molar-refractivity contribution in [2.75, 3.05) is 18.8 Å². The molecule has 158 valence electrons. The zero-order valence-electron chi connectivity index (χ0n) is 17.5. The molecule has 0 bridgehead atoms. The van der Waals surface area contributed by atoms with Crippen LogP contribution in [0.2, 0.25) is 0 Å². The van der Waals surface area contributed by atoms with E-state index in [1.54, 1.807) is 6.20 Å². The molecule has 1 aromatic heterocycles. The molecule has 2 aromatic rings. The van der Waals surface area contributed by atoms with E-state index in [0.717, 1.165) is 36.5 Å². The Kier molecular flexibility index (Phi) is 6.72. The van der Waals surface area contributed by atoms with Gasteiger partial charge in [0.1, 0.15) is 0 Å². The molecule has 0 N–H and O–H groups in total. The van der Waals surface area contributed by atoms with Crippen molar-refractivity contribution in [2.24, 2.45) is 5.92 Å². The number of thioether (sulfide) groups is 1. The highest BCUT2D eigenvalue weighted by Gasteiger charge is 2.34. The summed E-state index contributed by atoms with van der Waals surface area (Å²) in [5, 5.41) is 0.778. The first-order valence-electron chi connectivity index (χ1n) is 10.8. The molecular weight excluding hydrogens is 394 g/mol. The van der Waals surface area contributed by atoms with Crippen LogP contribution in [0, 0.1) is 5.92 Å². The second-order valence-corrected chi connectivity index (χ2v) is 9.25. The van der Waals surface area contributed by atoms with Crippen molar-refractivity contribution >= 4 is 23.6 Å². The maximum absolute atomic E-state index is 13.1. The highest BCUT2D eigenvalue weighted by Crippen LogP contribution is 2.36.